The maximum atomic E-state index is 11.9. The van der Waals surface area contributed by atoms with Crippen LogP contribution in [0.4, 0.5) is 0 Å². The van der Waals surface area contributed by atoms with E-state index in [2.05, 4.69) is 9.62 Å². The van der Waals surface area contributed by atoms with Crippen LogP contribution in [0.1, 0.15) is 18.7 Å². The molecule has 0 atom stereocenters. The molecule has 0 fully saturated rings. The van der Waals surface area contributed by atoms with Crippen LogP contribution in [0.5, 0.6) is 0 Å². The Hall–Kier alpha value is -0.940. The zero-order valence-corrected chi connectivity index (χ0v) is 12.3. The third-order valence-corrected chi connectivity index (χ3v) is 5.54. The minimum Gasteiger partial charge on any atom is -0.303 e. The normalized spacial score (nSPS) is 12.0. The molecular weight excluding hydrogens is 270 g/mol. The molecule has 0 amide bonds. The van der Waals surface area contributed by atoms with Crippen molar-refractivity contribution in [2.24, 2.45) is 0 Å². The van der Waals surface area contributed by atoms with Crippen LogP contribution in [0.3, 0.4) is 0 Å². The lowest BCUT2D eigenvalue weighted by molar-refractivity contribution is 0.278. The number of sulfonamides is 1. The standard InChI is InChI=1S/C11H17N3O2S2/c1-9(2)14(3)7-6-13-18(15,16)11-5-4-10(8-12)17-11/h4-5,9,13H,6-7H2,1-3H3. The summed E-state index contributed by atoms with van der Waals surface area (Å²) in [5, 5.41) is 8.67. The molecule has 0 saturated carbocycles. The van der Waals surface area contributed by atoms with E-state index in [1.165, 1.54) is 12.1 Å². The average Bonchev–Trinajstić information content (AvgIpc) is 2.77. The largest absolute Gasteiger partial charge is 0.303 e. The molecule has 1 aromatic rings. The summed E-state index contributed by atoms with van der Waals surface area (Å²) < 4.78 is 26.5. The van der Waals surface area contributed by atoms with E-state index in [0.29, 0.717) is 24.0 Å². The van der Waals surface area contributed by atoms with Crippen LogP contribution in [0, 0.1) is 11.3 Å². The van der Waals surface area contributed by atoms with Gasteiger partial charge in [-0.3, -0.25) is 0 Å². The van der Waals surface area contributed by atoms with Crippen molar-refractivity contribution in [3.05, 3.63) is 17.0 Å². The number of nitrogens with one attached hydrogen (secondary N) is 1. The molecule has 100 valence electrons. The first-order chi connectivity index (χ1) is 8.36. The van der Waals surface area contributed by atoms with Gasteiger partial charge in [0.15, 0.2) is 0 Å². The van der Waals surface area contributed by atoms with Crippen molar-refractivity contribution in [3.8, 4) is 6.07 Å². The lowest BCUT2D eigenvalue weighted by atomic mass is 10.3. The fourth-order valence-corrected chi connectivity index (χ4v) is 3.38. The molecule has 5 nitrogen and oxygen atoms in total. The van der Waals surface area contributed by atoms with Gasteiger partial charge in [-0.1, -0.05) is 0 Å². The molecule has 1 aromatic heterocycles. The summed E-state index contributed by atoms with van der Waals surface area (Å²) in [7, 11) is -1.54. The number of hydrogen-bond acceptors (Lipinski definition) is 5. The molecule has 0 radical (unpaired) electrons. The smallest absolute Gasteiger partial charge is 0.250 e. The Morgan fingerprint density at radius 2 is 2.17 bits per heavy atom. The lowest BCUT2D eigenvalue weighted by Gasteiger charge is -2.20. The van der Waals surface area contributed by atoms with Gasteiger partial charge in [0.2, 0.25) is 10.0 Å². The van der Waals surface area contributed by atoms with Crippen LogP contribution < -0.4 is 4.72 Å². The number of nitriles is 1. The molecule has 1 heterocycles. The third-order valence-electron chi connectivity index (χ3n) is 2.59. The van der Waals surface area contributed by atoms with Gasteiger partial charge in [0.05, 0.1) is 0 Å². The van der Waals surface area contributed by atoms with Crippen LogP contribution >= 0.6 is 11.3 Å². The SMILES string of the molecule is CC(C)N(C)CCNS(=O)(=O)c1ccc(C#N)s1. The Balaban J connectivity index is 2.58. The molecular formula is C11H17N3O2S2. The Kier molecular flexibility index (Phi) is 5.28. The van der Waals surface area contributed by atoms with E-state index in [-0.39, 0.29) is 4.21 Å². The van der Waals surface area contributed by atoms with Crippen LogP contribution in [0.25, 0.3) is 0 Å². The van der Waals surface area contributed by atoms with Gasteiger partial charge in [0.25, 0.3) is 0 Å². The molecule has 7 heteroatoms. The first kappa shape index (κ1) is 15.1. The maximum absolute atomic E-state index is 11.9. The van der Waals surface area contributed by atoms with Gasteiger partial charge in [0.1, 0.15) is 15.2 Å². The van der Waals surface area contributed by atoms with Crippen molar-refractivity contribution in [2.75, 3.05) is 20.1 Å². The fourth-order valence-electron chi connectivity index (χ4n) is 1.21. The molecule has 0 aliphatic carbocycles. The van der Waals surface area contributed by atoms with Crippen LogP contribution in [-0.4, -0.2) is 39.5 Å². The van der Waals surface area contributed by atoms with Gasteiger partial charge < -0.3 is 4.90 Å². The van der Waals surface area contributed by atoms with Gasteiger partial charge in [-0.2, -0.15) is 5.26 Å². The minimum absolute atomic E-state index is 0.186. The molecule has 0 unspecified atom stereocenters. The number of nitrogens with zero attached hydrogens (tertiary/aromatic N) is 2. The first-order valence-electron chi connectivity index (χ1n) is 5.56. The summed E-state index contributed by atoms with van der Waals surface area (Å²) in [4.78, 5) is 2.45. The second-order valence-corrected chi connectivity index (χ2v) is 7.28. The van der Waals surface area contributed by atoms with Crippen LogP contribution in [0.2, 0.25) is 0 Å². The van der Waals surface area contributed by atoms with Crippen LogP contribution in [0.15, 0.2) is 16.3 Å². The van der Waals surface area contributed by atoms with E-state index in [9.17, 15) is 8.42 Å². The van der Waals surface area contributed by atoms with E-state index in [1.807, 2.05) is 27.0 Å². The van der Waals surface area contributed by atoms with E-state index >= 15 is 0 Å². The number of thiophene rings is 1. The monoisotopic (exact) mass is 287 g/mol. The highest BCUT2D eigenvalue weighted by Crippen LogP contribution is 2.20. The Bertz CT molecular complexity index is 529. The van der Waals surface area contributed by atoms with Gasteiger partial charge in [0, 0.05) is 19.1 Å². The van der Waals surface area contributed by atoms with Crippen molar-refractivity contribution >= 4 is 21.4 Å². The number of hydrogen-bond donors (Lipinski definition) is 1. The van der Waals surface area contributed by atoms with E-state index in [1.54, 1.807) is 0 Å². The highest BCUT2D eigenvalue weighted by atomic mass is 32.2. The molecule has 0 spiro atoms. The fraction of sp³-hybridized carbons (Fsp3) is 0.545. The van der Waals surface area contributed by atoms with Gasteiger partial charge in [-0.25, -0.2) is 13.1 Å². The van der Waals surface area contributed by atoms with Gasteiger partial charge in [-0.05, 0) is 33.0 Å². The molecule has 0 aliphatic rings. The topological polar surface area (TPSA) is 73.2 Å². The second kappa shape index (κ2) is 6.29. The Morgan fingerprint density at radius 3 is 2.67 bits per heavy atom. The zero-order chi connectivity index (χ0) is 13.8. The summed E-state index contributed by atoms with van der Waals surface area (Å²) in [6.45, 7) is 5.10. The predicted octanol–water partition coefficient (Wildman–Crippen LogP) is 1.24. The van der Waals surface area contributed by atoms with Crippen molar-refractivity contribution in [1.82, 2.24) is 9.62 Å². The zero-order valence-electron chi connectivity index (χ0n) is 10.7. The third kappa shape index (κ3) is 4.07. The van der Waals surface area contributed by atoms with E-state index in [0.717, 1.165) is 11.3 Å². The lowest BCUT2D eigenvalue weighted by Crippen LogP contribution is -2.35. The van der Waals surface area contributed by atoms with Crippen molar-refractivity contribution < 1.29 is 8.42 Å². The summed E-state index contributed by atoms with van der Waals surface area (Å²) in [5.74, 6) is 0. The minimum atomic E-state index is -3.48. The molecule has 0 bridgehead atoms. The molecule has 1 rings (SSSR count). The quantitative estimate of drug-likeness (QED) is 0.854. The van der Waals surface area contributed by atoms with Crippen LogP contribution in [-0.2, 0) is 10.0 Å². The summed E-state index contributed by atoms with van der Waals surface area (Å²) in [6.07, 6.45) is 0. The highest BCUT2D eigenvalue weighted by Gasteiger charge is 2.16. The first-order valence-corrected chi connectivity index (χ1v) is 7.86. The molecule has 1 N–H and O–H groups in total. The summed E-state index contributed by atoms with van der Waals surface area (Å²) in [5.41, 5.74) is 0. The maximum Gasteiger partial charge on any atom is 0.250 e. The Labute approximate surface area is 112 Å². The number of likely N-dealkylation sites (N-methyl/N-ethyl adjacent to an activating group) is 1. The second-order valence-electron chi connectivity index (χ2n) is 4.20. The van der Waals surface area contributed by atoms with Gasteiger partial charge in [-0.15, -0.1) is 11.3 Å². The van der Waals surface area contributed by atoms with Crippen molar-refractivity contribution in [2.45, 2.75) is 24.1 Å². The Morgan fingerprint density at radius 1 is 1.50 bits per heavy atom. The summed E-state index contributed by atoms with van der Waals surface area (Å²) >= 11 is 0.980. The van der Waals surface area contributed by atoms with Gasteiger partial charge >= 0.3 is 0 Å². The molecule has 0 aliphatic heterocycles. The summed E-state index contributed by atoms with van der Waals surface area (Å²) in [6, 6.07) is 5.27. The molecule has 0 saturated heterocycles. The molecule has 18 heavy (non-hydrogen) atoms. The van der Waals surface area contributed by atoms with Crippen molar-refractivity contribution in [1.29, 1.82) is 5.26 Å². The van der Waals surface area contributed by atoms with E-state index in [4.69, 9.17) is 5.26 Å². The van der Waals surface area contributed by atoms with E-state index < -0.39 is 10.0 Å². The number of rotatable bonds is 6. The predicted molar refractivity (Wildman–Crippen MR) is 72.0 cm³/mol. The average molecular weight is 287 g/mol. The molecule has 0 aromatic carbocycles. The van der Waals surface area contributed by atoms with Crippen molar-refractivity contribution in [3.63, 3.8) is 0 Å². The highest BCUT2D eigenvalue weighted by molar-refractivity contribution is 7.91.